The number of aromatic nitrogens is 1. The van der Waals surface area contributed by atoms with Gasteiger partial charge >= 0.3 is 6.09 Å². The summed E-state index contributed by atoms with van der Waals surface area (Å²) in [6.07, 6.45) is 6.10. The fraction of sp³-hybridized carbons (Fsp3) is 0.286. The van der Waals surface area contributed by atoms with Gasteiger partial charge in [0.1, 0.15) is 19.0 Å². The molecule has 1 aromatic heterocycles. The molecule has 3 heterocycles. The van der Waals surface area contributed by atoms with Crippen LogP contribution in [0.15, 0.2) is 97.3 Å². The summed E-state index contributed by atoms with van der Waals surface area (Å²) in [7, 11) is 0. The van der Waals surface area contributed by atoms with Crippen LogP contribution < -0.4 is 4.74 Å². The van der Waals surface area contributed by atoms with Crippen molar-refractivity contribution >= 4 is 11.9 Å². The lowest BCUT2D eigenvalue weighted by molar-refractivity contribution is 0.0506. The molecular formula is C35H32N2O4. The molecule has 1 amide bonds. The molecule has 4 aromatic rings. The number of hydrogen-bond acceptors (Lipinski definition) is 5. The Balaban J connectivity index is 0.992. The topological polar surface area (TPSA) is 68.7 Å². The standard InChI is InChI=1S/C35H32N2O4/c38-34(25-18-28(20-36-19-25)40-21-23-8-2-1-3-9-23)24-16-26-14-15-27(17-24)37(26)35(39)41-22-33-31-12-6-4-10-29(31)30-11-5-7-13-32(30)33/h1-13,18-20,24,26-27,33H,14-17,21-22H2. The van der Waals surface area contributed by atoms with Gasteiger partial charge in [0.25, 0.3) is 0 Å². The highest BCUT2D eigenvalue weighted by Crippen LogP contribution is 2.45. The highest BCUT2D eigenvalue weighted by Gasteiger charge is 2.46. The van der Waals surface area contributed by atoms with E-state index in [4.69, 9.17) is 9.47 Å². The first-order valence-corrected chi connectivity index (χ1v) is 14.4. The summed E-state index contributed by atoms with van der Waals surface area (Å²) in [6, 6.07) is 28.5. The zero-order valence-corrected chi connectivity index (χ0v) is 22.8. The number of ketones is 1. The Bertz CT molecular complexity index is 1530. The quantitative estimate of drug-likeness (QED) is 0.234. The van der Waals surface area contributed by atoms with Crippen molar-refractivity contribution in [2.75, 3.05) is 6.61 Å². The number of rotatable bonds is 7. The minimum absolute atomic E-state index is 0.0174. The Morgan fingerprint density at radius 2 is 1.44 bits per heavy atom. The molecule has 41 heavy (non-hydrogen) atoms. The Morgan fingerprint density at radius 1 is 0.805 bits per heavy atom. The van der Waals surface area contributed by atoms with Crippen LogP contribution in [0.2, 0.25) is 0 Å². The zero-order valence-electron chi connectivity index (χ0n) is 22.8. The van der Waals surface area contributed by atoms with E-state index in [0.717, 1.165) is 18.4 Å². The van der Waals surface area contributed by atoms with E-state index in [-0.39, 0.29) is 35.8 Å². The molecule has 2 unspecified atom stereocenters. The third-order valence-electron chi connectivity index (χ3n) is 8.90. The van der Waals surface area contributed by atoms with Gasteiger partial charge in [-0.05, 0) is 59.6 Å². The Kier molecular flexibility index (Phi) is 6.75. The fourth-order valence-corrected chi connectivity index (χ4v) is 6.97. The summed E-state index contributed by atoms with van der Waals surface area (Å²) >= 11 is 0. The van der Waals surface area contributed by atoms with E-state index in [1.165, 1.54) is 22.3 Å². The van der Waals surface area contributed by atoms with Crippen LogP contribution >= 0.6 is 0 Å². The zero-order chi connectivity index (χ0) is 27.8. The summed E-state index contributed by atoms with van der Waals surface area (Å²) in [5, 5.41) is 0. The third-order valence-corrected chi connectivity index (χ3v) is 8.90. The molecule has 3 aromatic carbocycles. The van der Waals surface area contributed by atoms with Gasteiger partial charge in [0.2, 0.25) is 0 Å². The number of Topliss-reactive ketones (excluding diaryl/α,β-unsaturated/α-hetero) is 1. The van der Waals surface area contributed by atoms with Crippen LogP contribution in [0.1, 0.15) is 58.6 Å². The van der Waals surface area contributed by atoms with Crippen molar-refractivity contribution in [3.8, 4) is 16.9 Å². The minimum Gasteiger partial charge on any atom is -0.487 e. The molecular weight excluding hydrogens is 512 g/mol. The van der Waals surface area contributed by atoms with Crippen LogP contribution in [-0.4, -0.2) is 40.5 Å². The maximum absolute atomic E-state index is 13.5. The van der Waals surface area contributed by atoms with Gasteiger partial charge in [-0.2, -0.15) is 0 Å². The highest BCUT2D eigenvalue weighted by atomic mass is 16.6. The number of carbonyl (C=O) groups excluding carboxylic acids is 2. The molecule has 0 saturated carbocycles. The van der Waals surface area contributed by atoms with Gasteiger partial charge in [-0.3, -0.25) is 9.78 Å². The smallest absolute Gasteiger partial charge is 0.410 e. The van der Waals surface area contributed by atoms with Crippen molar-refractivity contribution < 1.29 is 19.1 Å². The van der Waals surface area contributed by atoms with Gasteiger partial charge in [0.05, 0.1) is 6.20 Å². The first-order valence-electron chi connectivity index (χ1n) is 14.4. The van der Waals surface area contributed by atoms with Crippen LogP contribution in [0, 0.1) is 5.92 Å². The lowest BCUT2D eigenvalue weighted by Gasteiger charge is -2.37. The molecule has 2 aliphatic heterocycles. The summed E-state index contributed by atoms with van der Waals surface area (Å²) in [5.41, 5.74) is 6.46. The fourth-order valence-electron chi connectivity index (χ4n) is 6.97. The summed E-state index contributed by atoms with van der Waals surface area (Å²) in [4.78, 5) is 33.1. The number of fused-ring (bicyclic) bond motifs is 5. The van der Waals surface area contributed by atoms with E-state index >= 15 is 0 Å². The lowest BCUT2D eigenvalue weighted by atomic mass is 9.85. The van der Waals surface area contributed by atoms with E-state index in [9.17, 15) is 9.59 Å². The summed E-state index contributed by atoms with van der Waals surface area (Å²) < 4.78 is 11.9. The first kappa shape index (κ1) is 25.5. The normalized spacial score (nSPS) is 20.8. The number of amides is 1. The molecule has 2 atom stereocenters. The van der Waals surface area contributed by atoms with Crippen molar-refractivity contribution in [1.29, 1.82) is 0 Å². The molecule has 0 N–H and O–H groups in total. The predicted octanol–water partition coefficient (Wildman–Crippen LogP) is 7.04. The van der Waals surface area contributed by atoms with Crippen LogP contribution in [0.25, 0.3) is 11.1 Å². The second-order valence-corrected chi connectivity index (χ2v) is 11.3. The molecule has 6 heteroatoms. The van der Waals surface area contributed by atoms with Gasteiger partial charge in [-0.25, -0.2) is 4.79 Å². The molecule has 0 radical (unpaired) electrons. The molecule has 206 valence electrons. The monoisotopic (exact) mass is 544 g/mol. The number of pyridine rings is 1. The number of nitrogens with zero attached hydrogens (tertiary/aromatic N) is 2. The number of hydrogen-bond donors (Lipinski definition) is 0. The molecule has 7 rings (SSSR count). The third kappa shape index (κ3) is 4.88. The van der Waals surface area contributed by atoms with Crippen LogP contribution in [0.5, 0.6) is 5.75 Å². The highest BCUT2D eigenvalue weighted by molar-refractivity contribution is 5.98. The maximum atomic E-state index is 13.5. The van der Waals surface area contributed by atoms with Crippen molar-refractivity contribution in [3.63, 3.8) is 0 Å². The SMILES string of the molecule is O=C(c1cncc(OCc2ccccc2)c1)C1CC2CCC(C1)N2C(=O)OCC1c2ccccc2-c2ccccc21. The van der Waals surface area contributed by atoms with Crippen LogP contribution in [-0.2, 0) is 11.3 Å². The Morgan fingerprint density at radius 3 is 2.12 bits per heavy atom. The van der Waals surface area contributed by atoms with Crippen molar-refractivity contribution in [1.82, 2.24) is 9.88 Å². The van der Waals surface area contributed by atoms with Crippen LogP contribution in [0.3, 0.4) is 0 Å². The van der Waals surface area contributed by atoms with Gasteiger partial charge in [-0.1, -0.05) is 78.9 Å². The largest absolute Gasteiger partial charge is 0.487 e. The Labute approximate surface area is 239 Å². The molecule has 2 fully saturated rings. The van der Waals surface area contributed by atoms with Gasteiger partial charge in [0.15, 0.2) is 5.78 Å². The lowest BCUT2D eigenvalue weighted by Crippen LogP contribution is -2.48. The molecule has 6 nitrogen and oxygen atoms in total. The van der Waals surface area contributed by atoms with E-state index in [1.54, 1.807) is 18.5 Å². The van der Waals surface area contributed by atoms with Gasteiger partial charge in [0, 0.05) is 35.7 Å². The summed E-state index contributed by atoms with van der Waals surface area (Å²) in [6.45, 7) is 0.732. The average molecular weight is 545 g/mol. The van der Waals surface area contributed by atoms with Crippen molar-refractivity contribution in [2.24, 2.45) is 5.92 Å². The molecule has 2 bridgehead atoms. The van der Waals surface area contributed by atoms with E-state index < -0.39 is 0 Å². The minimum atomic E-state index is -0.261. The van der Waals surface area contributed by atoms with Crippen molar-refractivity contribution in [2.45, 2.75) is 50.3 Å². The van der Waals surface area contributed by atoms with Gasteiger partial charge < -0.3 is 14.4 Å². The Hall–Kier alpha value is -4.45. The summed E-state index contributed by atoms with van der Waals surface area (Å²) in [5.74, 6) is 0.550. The number of benzene rings is 3. The second-order valence-electron chi connectivity index (χ2n) is 11.3. The number of carbonyl (C=O) groups is 2. The average Bonchev–Trinajstić information content (AvgIpc) is 3.49. The first-order chi connectivity index (χ1) is 20.2. The van der Waals surface area contributed by atoms with E-state index in [1.807, 2.05) is 47.4 Å². The van der Waals surface area contributed by atoms with Crippen LogP contribution in [0.4, 0.5) is 4.79 Å². The number of ether oxygens (including phenoxy) is 2. The molecule has 0 spiro atoms. The second kappa shape index (κ2) is 10.8. The molecule has 1 aliphatic carbocycles. The predicted molar refractivity (Wildman–Crippen MR) is 156 cm³/mol. The maximum Gasteiger partial charge on any atom is 0.410 e. The van der Waals surface area contributed by atoms with Gasteiger partial charge in [-0.15, -0.1) is 0 Å². The van der Waals surface area contributed by atoms with E-state index in [0.29, 0.717) is 37.4 Å². The molecule has 3 aliphatic rings. The van der Waals surface area contributed by atoms with E-state index in [2.05, 4.69) is 41.4 Å². The number of piperidine rings is 1. The molecule has 2 saturated heterocycles. The van der Waals surface area contributed by atoms with Crippen molar-refractivity contribution in [3.05, 3.63) is 120 Å².